The Hall–Kier alpha value is -3.40. The van der Waals surface area contributed by atoms with Crippen LogP contribution in [0.15, 0.2) is 42.4 Å². The first-order chi connectivity index (χ1) is 15.8. The third-order valence-corrected chi connectivity index (χ3v) is 6.41. The smallest absolute Gasteiger partial charge is 0.336 e. The lowest BCUT2D eigenvalue weighted by molar-refractivity contribution is -0.108. The van der Waals surface area contributed by atoms with Gasteiger partial charge >= 0.3 is 5.97 Å². The number of hydrogen-bond acceptors (Lipinski definition) is 6. The molecule has 7 nitrogen and oxygen atoms in total. The molecular formula is C23H22F2N4O3S. The van der Waals surface area contributed by atoms with E-state index in [2.05, 4.69) is 15.6 Å². The van der Waals surface area contributed by atoms with Crippen LogP contribution in [0.1, 0.15) is 28.4 Å². The Labute approximate surface area is 193 Å². The molecular weight excluding hydrogens is 450 g/mol. The number of benzene rings is 1. The Balaban J connectivity index is 2.04. The van der Waals surface area contributed by atoms with E-state index in [9.17, 15) is 23.5 Å². The zero-order valence-electron chi connectivity index (χ0n) is 17.9. The van der Waals surface area contributed by atoms with Crippen LogP contribution >= 0.6 is 11.8 Å². The fraction of sp³-hybridized carbons (Fsp3) is 0.261. The Kier molecular flexibility index (Phi) is 6.37. The molecule has 33 heavy (non-hydrogen) atoms. The van der Waals surface area contributed by atoms with Gasteiger partial charge in [-0.25, -0.2) is 18.6 Å². The van der Waals surface area contributed by atoms with Gasteiger partial charge in [0.1, 0.15) is 5.82 Å². The maximum Gasteiger partial charge on any atom is 0.336 e. The molecule has 0 fully saturated rings. The van der Waals surface area contributed by atoms with Gasteiger partial charge in [-0.2, -0.15) is 11.8 Å². The van der Waals surface area contributed by atoms with Gasteiger partial charge in [0.05, 0.1) is 17.4 Å². The number of fused-ring (bicyclic) bond motifs is 2. The van der Waals surface area contributed by atoms with Crippen molar-refractivity contribution in [2.45, 2.75) is 18.7 Å². The summed E-state index contributed by atoms with van der Waals surface area (Å²) in [5.74, 6) is -2.60. The molecule has 10 heteroatoms. The Morgan fingerprint density at radius 1 is 1.39 bits per heavy atom. The molecule has 1 amide bonds. The Morgan fingerprint density at radius 3 is 2.85 bits per heavy atom. The molecule has 2 unspecified atom stereocenters. The van der Waals surface area contributed by atoms with Crippen molar-refractivity contribution in [2.24, 2.45) is 5.92 Å². The number of nitrogens with one attached hydrogen (secondary N) is 2. The number of thioether (sulfide) groups is 1. The predicted molar refractivity (Wildman–Crippen MR) is 123 cm³/mol. The van der Waals surface area contributed by atoms with E-state index < -0.39 is 17.6 Å². The van der Waals surface area contributed by atoms with Crippen LogP contribution in [-0.2, 0) is 10.5 Å². The second-order valence-corrected chi connectivity index (χ2v) is 8.71. The number of carboxylic acids is 1. The first kappa shape index (κ1) is 22.8. The quantitative estimate of drug-likeness (QED) is 0.553. The van der Waals surface area contributed by atoms with Gasteiger partial charge < -0.3 is 20.6 Å². The van der Waals surface area contributed by atoms with E-state index in [1.165, 1.54) is 17.8 Å². The predicted octanol–water partition coefficient (Wildman–Crippen LogP) is 3.65. The van der Waals surface area contributed by atoms with Crippen molar-refractivity contribution < 1.29 is 23.5 Å². The second-order valence-electron chi connectivity index (χ2n) is 7.85. The first-order valence-electron chi connectivity index (χ1n) is 10.2. The van der Waals surface area contributed by atoms with Gasteiger partial charge in [0.15, 0.2) is 11.6 Å². The number of nitrogens with zero attached hydrogens (tertiary/aromatic N) is 2. The van der Waals surface area contributed by atoms with E-state index in [0.29, 0.717) is 29.0 Å². The van der Waals surface area contributed by atoms with E-state index in [4.69, 9.17) is 0 Å². The lowest BCUT2D eigenvalue weighted by Crippen LogP contribution is -2.26. The van der Waals surface area contributed by atoms with Crippen LogP contribution in [0.3, 0.4) is 0 Å². The molecule has 0 bridgehead atoms. The van der Waals surface area contributed by atoms with Crippen LogP contribution < -0.4 is 15.5 Å². The molecule has 1 aromatic carbocycles. The maximum absolute atomic E-state index is 14.9. The van der Waals surface area contributed by atoms with Gasteiger partial charge in [-0.3, -0.25) is 4.79 Å². The summed E-state index contributed by atoms with van der Waals surface area (Å²) in [6.07, 6.45) is 6.78. The van der Waals surface area contributed by atoms with Crippen LogP contribution in [0.4, 0.5) is 20.3 Å². The van der Waals surface area contributed by atoms with Crippen LogP contribution in [-0.4, -0.2) is 41.3 Å². The number of aromatic nitrogens is 1. The highest BCUT2D eigenvalue weighted by molar-refractivity contribution is 7.97. The number of pyridine rings is 1. The van der Waals surface area contributed by atoms with Crippen molar-refractivity contribution >= 4 is 41.2 Å². The average molecular weight is 473 g/mol. The minimum atomic E-state index is -1.11. The molecule has 3 N–H and O–H groups in total. The van der Waals surface area contributed by atoms with Crippen LogP contribution in [0.5, 0.6) is 0 Å². The van der Waals surface area contributed by atoms with Gasteiger partial charge in [-0.1, -0.05) is 0 Å². The van der Waals surface area contributed by atoms with E-state index in [0.717, 1.165) is 23.4 Å². The normalized spacial score (nSPS) is 20.4. The first-order valence-corrected chi connectivity index (χ1v) is 11.6. The van der Waals surface area contributed by atoms with Gasteiger partial charge in [-0.15, -0.1) is 0 Å². The van der Waals surface area contributed by atoms with Crippen LogP contribution in [0.25, 0.3) is 5.57 Å². The summed E-state index contributed by atoms with van der Waals surface area (Å²) in [6.45, 7) is 2.19. The lowest BCUT2D eigenvalue weighted by atomic mass is 9.84. The van der Waals surface area contributed by atoms with Crippen LogP contribution in [0.2, 0.25) is 0 Å². The van der Waals surface area contributed by atoms with E-state index in [1.54, 1.807) is 17.2 Å². The minimum Gasteiger partial charge on any atom is -0.478 e. The Morgan fingerprint density at radius 2 is 2.18 bits per heavy atom. The Bertz CT molecular complexity index is 1180. The van der Waals surface area contributed by atoms with E-state index in [-0.39, 0.29) is 29.9 Å². The highest BCUT2D eigenvalue weighted by Gasteiger charge is 2.38. The summed E-state index contributed by atoms with van der Waals surface area (Å²) in [5.41, 5.74) is 3.40. The topological polar surface area (TPSA) is 94.6 Å². The second kappa shape index (κ2) is 9.22. The fourth-order valence-electron chi connectivity index (χ4n) is 4.44. The molecule has 0 spiro atoms. The fourth-order valence-corrected chi connectivity index (χ4v) is 4.99. The number of carbonyl (C=O) groups excluding carboxylic acids is 1. The summed E-state index contributed by atoms with van der Waals surface area (Å²) in [4.78, 5) is 28.7. The van der Waals surface area contributed by atoms with Gasteiger partial charge in [0.2, 0.25) is 6.41 Å². The summed E-state index contributed by atoms with van der Waals surface area (Å²) in [5, 5.41) is 15.7. The zero-order chi connectivity index (χ0) is 23.7. The van der Waals surface area contributed by atoms with Crippen molar-refractivity contribution in [3.8, 4) is 0 Å². The summed E-state index contributed by atoms with van der Waals surface area (Å²) in [7, 11) is 0. The van der Waals surface area contributed by atoms with Gasteiger partial charge in [-0.05, 0) is 48.2 Å². The molecule has 4 rings (SSSR count). The SMILES string of the molecule is CSCc1cc2c(cc1C(=O)O)N(c1ncc(F)cc1F)CC1=CNC(C)C1/C2=C\NC=O. The average Bonchev–Trinajstić information content (AvgIpc) is 3.06. The van der Waals surface area contributed by atoms with Crippen molar-refractivity contribution in [1.29, 1.82) is 0 Å². The third kappa shape index (κ3) is 4.18. The van der Waals surface area contributed by atoms with Crippen molar-refractivity contribution in [3.05, 3.63) is 70.7 Å². The number of aromatic carboxylic acids is 1. The largest absolute Gasteiger partial charge is 0.478 e. The molecule has 0 aliphatic carbocycles. The molecule has 2 aliphatic heterocycles. The lowest BCUT2D eigenvalue weighted by Gasteiger charge is -2.26. The molecule has 3 heterocycles. The molecule has 0 saturated heterocycles. The molecule has 2 aliphatic rings. The van der Waals surface area contributed by atoms with Gasteiger partial charge in [0, 0.05) is 42.1 Å². The minimum absolute atomic E-state index is 0.0262. The molecule has 2 aromatic rings. The summed E-state index contributed by atoms with van der Waals surface area (Å²) < 4.78 is 28.5. The van der Waals surface area contributed by atoms with Gasteiger partial charge in [0.25, 0.3) is 0 Å². The van der Waals surface area contributed by atoms with Crippen molar-refractivity contribution in [2.75, 3.05) is 17.7 Å². The summed E-state index contributed by atoms with van der Waals surface area (Å²) >= 11 is 1.48. The molecule has 1 aromatic heterocycles. The zero-order valence-corrected chi connectivity index (χ0v) is 18.7. The number of hydrogen-bond donors (Lipinski definition) is 3. The highest BCUT2D eigenvalue weighted by Crippen LogP contribution is 2.46. The molecule has 2 atom stereocenters. The summed E-state index contributed by atoms with van der Waals surface area (Å²) in [6, 6.07) is 4.00. The highest BCUT2D eigenvalue weighted by atomic mass is 32.2. The van der Waals surface area contributed by atoms with E-state index in [1.807, 2.05) is 19.4 Å². The van der Waals surface area contributed by atoms with Crippen molar-refractivity contribution in [1.82, 2.24) is 15.6 Å². The number of anilines is 2. The third-order valence-electron chi connectivity index (χ3n) is 5.81. The monoisotopic (exact) mass is 472 g/mol. The van der Waals surface area contributed by atoms with Crippen molar-refractivity contribution in [3.63, 3.8) is 0 Å². The number of carbonyl (C=O) groups is 2. The number of halogens is 2. The van der Waals surface area contributed by atoms with E-state index >= 15 is 0 Å². The number of amides is 1. The molecule has 172 valence electrons. The maximum atomic E-state index is 14.9. The molecule has 0 saturated carbocycles. The number of carboxylic acid groups (broad SMARTS) is 1. The number of rotatable bonds is 6. The molecule has 0 radical (unpaired) electrons. The van der Waals surface area contributed by atoms with Crippen LogP contribution in [0, 0.1) is 17.6 Å². The standard InChI is InChI=1S/C23H22F2N4O3S/c1-12-21-14(6-27-12)9-29(22-19(25)4-15(24)7-28-22)20-5-16(23(31)32)13(10-33-2)3-17(20)18(21)8-26-11-30/h3-8,11-12,21,27H,9-10H2,1-2H3,(H,26,30)(H,31,32)/b18-8-.